The van der Waals surface area contributed by atoms with Crippen LogP contribution in [-0.2, 0) is 20.9 Å². The summed E-state index contributed by atoms with van der Waals surface area (Å²) in [5.74, 6) is -1.39. The monoisotopic (exact) mass is 331 g/mol. The number of amides is 2. The van der Waals surface area contributed by atoms with Crippen molar-refractivity contribution in [2.45, 2.75) is 25.4 Å². The number of hydrogen-bond donors (Lipinski definition) is 2. The fourth-order valence-electron chi connectivity index (χ4n) is 3.33. The number of nitrogens with one attached hydrogen (secondary N) is 1. The second kappa shape index (κ2) is 6.60. The molecule has 2 heterocycles. The summed E-state index contributed by atoms with van der Waals surface area (Å²) < 4.78 is 0. The zero-order valence-corrected chi connectivity index (χ0v) is 13.6. The van der Waals surface area contributed by atoms with Gasteiger partial charge in [-0.25, -0.2) is 0 Å². The van der Waals surface area contributed by atoms with Gasteiger partial charge in [-0.1, -0.05) is 18.2 Å². The molecule has 1 aromatic rings. The Balaban J connectivity index is 1.74. The molecule has 1 fully saturated rings. The number of carbonyl (C=O) groups is 3. The number of carbonyl (C=O) groups excluding carboxylic acids is 2. The van der Waals surface area contributed by atoms with Gasteiger partial charge in [-0.3, -0.25) is 14.4 Å². The van der Waals surface area contributed by atoms with E-state index in [9.17, 15) is 14.4 Å². The molecule has 0 spiro atoms. The maximum atomic E-state index is 12.8. The number of likely N-dealkylation sites (N-methyl/N-ethyl adjacent to an activating group) is 1. The van der Waals surface area contributed by atoms with E-state index >= 15 is 0 Å². The van der Waals surface area contributed by atoms with E-state index in [2.05, 4.69) is 5.32 Å². The van der Waals surface area contributed by atoms with Crippen LogP contribution in [0, 0.1) is 5.92 Å². The molecule has 2 unspecified atom stereocenters. The van der Waals surface area contributed by atoms with Crippen LogP contribution in [0.2, 0.25) is 0 Å². The molecule has 2 N–H and O–H groups in total. The average Bonchev–Trinajstić information content (AvgIpc) is 2.72. The average molecular weight is 331 g/mol. The molecule has 1 aromatic carbocycles. The first-order chi connectivity index (χ1) is 11.5. The largest absolute Gasteiger partial charge is 0.480 e. The lowest BCUT2D eigenvalue weighted by atomic mass is 9.93. The zero-order valence-electron chi connectivity index (χ0n) is 13.6. The van der Waals surface area contributed by atoms with Crippen molar-refractivity contribution in [2.24, 2.45) is 5.92 Å². The summed E-state index contributed by atoms with van der Waals surface area (Å²) in [6.07, 6.45) is 0.939. The second-order valence-corrected chi connectivity index (χ2v) is 6.35. The molecule has 1 saturated heterocycles. The highest BCUT2D eigenvalue weighted by molar-refractivity contribution is 5.98. The molecule has 0 aliphatic carbocycles. The maximum absolute atomic E-state index is 12.8. The van der Waals surface area contributed by atoms with E-state index in [-0.39, 0.29) is 24.3 Å². The Kier molecular flexibility index (Phi) is 4.53. The Morgan fingerprint density at radius 1 is 1.21 bits per heavy atom. The van der Waals surface area contributed by atoms with Crippen LogP contribution in [0.15, 0.2) is 24.3 Å². The van der Waals surface area contributed by atoms with Crippen molar-refractivity contribution < 1.29 is 19.5 Å². The first-order valence-corrected chi connectivity index (χ1v) is 8.07. The van der Waals surface area contributed by atoms with Gasteiger partial charge in [-0.2, -0.15) is 0 Å². The van der Waals surface area contributed by atoms with Crippen LogP contribution in [0.25, 0.3) is 0 Å². The smallest absolute Gasteiger partial charge is 0.320 e. The fraction of sp³-hybridized carbons (Fsp3) is 0.471. The molecule has 128 valence electrons. The number of benzene rings is 1. The number of rotatable bonds is 2. The lowest BCUT2D eigenvalue weighted by Crippen LogP contribution is -2.50. The Bertz CT molecular complexity index is 668. The Labute approximate surface area is 140 Å². The van der Waals surface area contributed by atoms with E-state index in [0.29, 0.717) is 25.9 Å². The van der Waals surface area contributed by atoms with Crippen molar-refractivity contribution in [3.63, 3.8) is 0 Å². The number of piperidine rings is 1. The molecule has 0 saturated carbocycles. The van der Waals surface area contributed by atoms with Gasteiger partial charge in [0.2, 0.25) is 11.8 Å². The van der Waals surface area contributed by atoms with E-state index in [0.717, 1.165) is 11.3 Å². The molecule has 7 heteroatoms. The number of aliphatic carboxylic acids is 1. The Morgan fingerprint density at radius 2 is 1.96 bits per heavy atom. The molecule has 2 aliphatic rings. The van der Waals surface area contributed by atoms with Crippen LogP contribution in [0.5, 0.6) is 0 Å². The van der Waals surface area contributed by atoms with Gasteiger partial charge in [0.15, 0.2) is 0 Å². The molecule has 0 bridgehead atoms. The van der Waals surface area contributed by atoms with Crippen LogP contribution in [0.3, 0.4) is 0 Å². The highest BCUT2D eigenvalue weighted by Gasteiger charge is 2.34. The molecule has 3 rings (SSSR count). The van der Waals surface area contributed by atoms with Crippen molar-refractivity contribution in [2.75, 3.05) is 25.0 Å². The number of nitrogens with zero attached hydrogens (tertiary/aromatic N) is 2. The van der Waals surface area contributed by atoms with Crippen molar-refractivity contribution in [3.8, 4) is 0 Å². The molecular weight excluding hydrogens is 310 g/mol. The molecule has 7 nitrogen and oxygen atoms in total. The van der Waals surface area contributed by atoms with Crippen LogP contribution >= 0.6 is 0 Å². The van der Waals surface area contributed by atoms with Crippen molar-refractivity contribution >= 4 is 23.5 Å². The minimum Gasteiger partial charge on any atom is -0.480 e. The number of anilines is 1. The summed E-state index contributed by atoms with van der Waals surface area (Å²) in [5, 5.41) is 11.9. The summed E-state index contributed by atoms with van der Waals surface area (Å²) in [7, 11) is 1.72. The van der Waals surface area contributed by atoms with Gasteiger partial charge in [0.1, 0.15) is 12.6 Å². The number of carboxylic acids is 1. The highest BCUT2D eigenvalue weighted by atomic mass is 16.4. The predicted molar refractivity (Wildman–Crippen MR) is 87.4 cm³/mol. The Morgan fingerprint density at radius 3 is 2.62 bits per heavy atom. The predicted octanol–water partition coefficient (Wildman–Crippen LogP) is 0.444. The summed E-state index contributed by atoms with van der Waals surface area (Å²) in [6.45, 7) is 0.769. The standard InChI is InChI=1S/C17H21N3O4/c1-19-14-5-3-2-4-12(14)9-20(10-15(19)21)16(22)11-6-7-13(17(23)24)18-8-11/h2-5,11,13,18H,6-10H2,1H3,(H,23,24). The van der Waals surface area contributed by atoms with Crippen molar-refractivity contribution in [1.82, 2.24) is 10.2 Å². The van der Waals surface area contributed by atoms with E-state index in [1.807, 2.05) is 24.3 Å². The van der Waals surface area contributed by atoms with Crippen LogP contribution in [0.1, 0.15) is 18.4 Å². The highest BCUT2D eigenvalue weighted by Crippen LogP contribution is 2.26. The van der Waals surface area contributed by atoms with E-state index in [1.165, 1.54) is 0 Å². The number of para-hydroxylation sites is 1. The van der Waals surface area contributed by atoms with Gasteiger partial charge in [0, 0.05) is 25.8 Å². The molecule has 0 aromatic heterocycles. The SMILES string of the molecule is CN1C(=O)CN(C(=O)C2CCC(C(=O)O)NC2)Cc2ccccc21. The number of hydrogen-bond acceptors (Lipinski definition) is 4. The lowest BCUT2D eigenvalue weighted by Gasteiger charge is -2.30. The summed E-state index contributed by atoms with van der Waals surface area (Å²) in [6, 6.07) is 6.97. The summed E-state index contributed by atoms with van der Waals surface area (Å²) in [4.78, 5) is 39.3. The van der Waals surface area contributed by atoms with E-state index in [4.69, 9.17) is 5.11 Å². The first-order valence-electron chi connectivity index (χ1n) is 8.07. The number of fused-ring (bicyclic) bond motifs is 1. The van der Waals surface area contributed by atoms with Crippen LogP contribution < -0.4 is 10.2 Å². The minimum absolute atomic E-state index is 0.0445. The van der Waals surface area contributed by atoms with Gasteiger partial charge in [-0.05, 0) is 24.5 Å². The quantitative estimate of drug-likeness (QED) is 0.821. The topological polar surface area (TPSA) is 90.0 Å². The van der Waals surface area contributed by atoms with Crippen LogP contribution in [0.4, 0.5) is 5.69 Å². The molecule has 2 aliphatic heterocycles. The lowest BCUT2D eigenvalue weighted by molar-refractivity contribution is -0.143. The Hall–Kier alpha value is -2.41. The maximum Gasteiger partial charge on any atom is 0.320 e. The van der Waals surface area contributed by atoms with Gasteiger partial charge in [0.05, 0.1) is 5.92 Å². The molecule has 24 heavy (non-hydrogen) atoms. The van der Waals surface area contributed by atoms with E-state index in [1.54, 1.807) is 16.8 Å². The number of carboxylic acid groups (broad SMARTS) is 1. The van der Waals surface area contributed by atoms with Crippen LogP contribution in [-0.4, -0.2) is 54.0 Å². The van der Waals surface area contributed by atoms with Gasteiger partial charge >= 0.3 is 5.97 Å². The third-order valence-corrected chi connectivity index (χ3v) is 4.79. The summed E-state index contributed by atoms with van der Waals surface area (Å²) >= 11 is 0. The first kappa shape index (κ1) is 16.4. The van der Waals surface area contributed by atoms with Gasteiger partial charge < -0.3 is 20.2 Å². The summed E-state index contributed by atoms with van der Waals surface area (Å²) in [5.41, 5.74) is 1.76. The fourth-order valence-corrected chi connectivity index (χ4v) is 3.33. The van der Waals surface area contributed by atoms with Crippen molar-refractivity contribution in [1.29, 1.82) is 0 Å². The van der Waals surface area contributed by atoms with Crippen molar-refractivity contribution in [3.05, 3.63) is 29.8 Å². The second-order valence-electron chi connectivity index (χ2n) is 6.35. The molecular formula is C17H21N3O4. The third kappa shape index (κ3) is 3.12. The third-order valence-electron chi connectivity index (χ3n) is 4.79. The molecule has 2 atom stereocenters. The van der Waals surface area contributed by atoms with Gasteiger partial charge in [0.25, 0.3) is 0 Å². The molecule has 0 radical (unpaired) electrons. The van der Waals surface area contributed by atoms with E-state index < -0.39 is 12.0 Å². The van der Waals surface area contributed by atoms with Gasteiger partial charge in [-0.15, -0.1) is 0 Å². The molecule has 2 amide bonds. The normalized spacial score (nSPS) is 24.3. The minimum atomic E-state index is -0.888. The zero-order chi connectivity index (χ0) is 17.3.